The van der Waals surface area contributed by atoms with E-state index in [9.17, 15) is 4.79 Å². The summed E-state index contributed by atoms with van der Waals surface area (Å²) in [4.78, 5) is 12.9. The van der Waals surface area contributed by atoms with Gasteiger partial charge in [-0.1, -0.05) is 18.5 Å². The van der Waals surface area contributed by atoms with Crippen molar-refractivity contribution < 1.29 is 4.79 Å². The number of carbonyl (C=O) groups excluding carboxylic acids is 1. The summed E-state index contributed by atoms with van der Waals surface area (Å²) in [5, 5.41) is 6.40. The molecular weight excluding hydrogens is 324 g/mol. The van der Waals surface area contributed by atoms with E-state index >= 15 is 0 Å². The van der Waals surface area contributed by atoms with Crippen molar-refractivity contribution in [3.8, 4) is 0 Å². The van der Waals surface area contributed by atoms with Crippen LogP contribution in [-0.4, -0.2) is 15.6 Å². The van der Waals surface area contributed by atoms with Crippen LogP contribution in [0.2, 0.25) is 5.02 Å². The van der Waals surface area contributed by atoms with Crippen LogP contribution in [0, 0.1) is 0 Å². The summed E-state index contributed by atoms with van der Waals surface area (Å²) >= 11 is 10.8. The first-order valence-electron chi connectivity index (χ1n) is 5.13. The van der Waals surface area contributed by atoms with Crippen LogP contribution < -0.4 is 0 Å². The molecule has 0 amide bonds. The van der Waals surface area contributed by atoms with E-state index in [1.165, 1.54) is 17.5 Å². The number of hydrogen-bond acceptors (Lipinski definition) is 3. The Morgan fingerprint density at radius 2 is 2.41 bits per heavy atom. The van der Waals surface area contributed by atoms with Crippen LogP contribution in [0.5, 0.6) is 0 Å². The molecule has 0 spiro atoms. The molecule has 2 heterocycles. The summed E-state index contributed by atoms with van der Waals surface area (Å²) in [5.41, 5.74) is 0.475. The molecule has 2 rings (SSSR count). The Hall–Kier alpha value is -0.650. The molecule has 6 heteroatoms. The van der Waals surface area contributed by atoms with Gasteiger partial charge in [0.25, 0.3) is 0 Å². The maximum Gasteiger partial charge on any atom is 0.222 e. The lowest BCUT2D eigenvalue weighted by molar-refractivity contribution is 0.103. The number of carbonyl (C=O) groups is 1. The predicted octanol–water partition coefficient (Wildman–Crippen LogP) is 4.00. The highest BCUT2D eigenvalue weighted by molar-refractivity contribution is 9.10. The van der Waals surface area contributed by atoms with Crippen LogP contribution >= 0.6 is 38.9 Å². The fraction of sp³-hybridized carbons (Fsp3) is 0.273. The van der Waals surface area contributed by atoms with E-state index in [0.29, 0.717) is 22.1 Å². The highest BCUT2D eigenvalue weighted by Crippen LogP contribution is 2.25. The zero-order chi connectivity index (χ0) is 12.4. The van der Waals surface area contributed by atoms with Gasteiger partial charge in [-0.05, 0) is 28.4 Å². The third kappa shape index (κ3) is 2.61. The molecule has 0 saturated carbocycles. The molecule has 0 radical (unpaired) electrons. The molecule has 0 atom stereocenters. The molecular formula is C11H10BrClN2OS. The lowest BCUT2D eigenvalue weighted by Crippen LogP contribution is -2.11. The molecule has 0 aliphatic carbocycles. The Morgan fingerprint density at radius 3 is 3.00 bits per heavy atom. The van der Waals surface area contributed by atoms with Gasteiger partial charge in [-0.25, -0.2) is 0 Å². The van der Waals surface area contributed by atoms with Gasteiger partial charge in [0.1, 0.15) is 5.69 Å². The number of halogens is 2. The molecule has 0 aromatic carbocycles. The van der Waals surface area contributed by atoms with Crippen molar-refractivity contribution in [2.75, 3.05) is 0 Å². The summed E-state index contributed by atoms with van der Waals surface area (Å²) in [6.07, 6.45) is 2.43. The average molecular weight is 334 g/mol. The van der Waals surface area contributed by atoms with Gasteiger partial charge in [0.05, 0.1) is 16.1 Å². The Balaban J connectivity index is 2.39. The largest absolute Gasteiger partial charge is 0.286 e. The van der Waals surface area contributed by atoms with E-state index in [2.05, 4.69) is 21.0 Å². The van der Waals surface area contributed by atoms with Crippen LogP contribution in [0.25, 0.3) is 0 Å². The van der Waals surface area contributed by atoms with Crippen molar-refractivity contribution in [2.24, 2.45) is 0 Å². The van der Waals surface area contributed by atoms with Crippen LogP contribution in [-0.2, 0) is 6.54 Å². The molecule has 0 aliphatic heterocycles. The molecule has 3 nitrogen and oxygen atoms in total. The van der Waals surface area contributed by atoms with Gasteiger partial charge in [0, 0.05) is 16.4 Å². The standard InChI is InChI=1S/C11H10BrClN2OS/c1-2-3-15-10(8(13)5-14-15)11(16)9-4-7(12)6-17-9/h4-6H,2-3H2,1H3. The Kier molecular flexibility index (Phi) is 4.01. The van der Waals surface area contributed by atoms with Gasteiger partial charge in [-0.3, -0.25) is 9.48 Å². The van der Waals surface area contributed by atoms with E-state index < -0.39 is 0 Å². The maximum absolute atomic E-state index is 12.3. The molecule has 0 aliphatic rings. The molecule has 2 aromatic rings. The van der Waals surface area contributed by atoms with Crippen molar-refractivity contribution in [2.45, 2.75) is 19.9 Å². The van der Waals surface area contributed by atoms with E-state index in [0.717, 1.165) is 10.9 Å². The first-order valence-corrected chi connectivity index (χ1v) is 7.18. The minimum Gasteiger partial charge on any atom is -0.286 e. The monoisotopic (exact) mass is 332 g/mol. The second-order valence-corrected chi connectivity index (χ2v) is 5.76. The minimum absolute atomic E-state index is 0.0725. The van der Waals surface area contributed by atoms with Crippen LogP contribution in [0.15, 0.2) is 22.1 Å². The predicted molar refractivity (Wildman–Crippen MR) is 73.0 cm³/mol. The number of nitrogens with zero attached hydrogens (tertiary/aromatic N) is 2. The SMILES string of the molecule is CCCn1ncc(Cl)c1C(=O)c1cc(Br)cs1. The molecule has 90 valence electrons. The van der Waals surface area contributed by atoms with Gasteiger partial charge < -0.3 is 0 Å². The van der Waals surface area contributed by atoms with Crippen molar-refractivity contribution in [3.05, 3.63) is 37.7 Å². The smallest absolute Gasteiger partial charge is 0.222 e. The maximum atomic E-state index is 12.3. The normalized spacial score (nSPS) is 10.8. The van der Waals surface area contributed by atoms with E-state index in [-0.39, 0.29) is 5.78 Å². The lowest BCUT2D eigenvalue weighted by atomic mass is 10.2. The van der Waals surface area contributed by atoms with Gasteiger partial charge >= 0.3 is 0 Å². The minimum atomic E-state index is -0.0725. The fourth-order valence-electron chi connectivity index (χ4n) is 1.52. The molecule has 17 heavy (non-hydrogen) atoms. The Labute approximate surface area is 117 Å². The molecule has 0 fully saturated rings. The highest BCUT2D eigenvalue weighted by Gasteiger charge is 2.20. The highest BCUT2D eigenvalue weighted by atomic mass is 79.9. The second kappa shape index (κ2) is 5.33. The van der Waals surface area contributed by atoms with Gasteiger partial charge in [0.15, 0.2) is 0 Å². The van der Waals surface area contributed by atoms with Crippen LogP contribution in [0.4, 0.5) is 0 Å². The zero-order valence-corrected chi connectivity index (χ0v) is 12.3. The van der Waals surface area contributed by atoms with E-state index in [1.54, 1.807) is 10.7 Å². The fourth-order valence-corrected chi connectivity index (χ4v) is 3.11. The number of rotatable bonds is 4. The third-order valence-electron chi connectivity index (χ3n) is 2.24. The number of aryl methyl sites for hydroxylation is 1. The third-order valence-corrected chi connectivity index (χ3v) is 4.20. The van der Waals surface area contributed by atoms with Crippen molar-refractivity contribution in [3.63, 3.8) is 0 Å². The Bertz CT molecular complexity index is 549. The number of thiophene rings is 1. The average Bonchev–Trinajstić information content (AvgIpc) is 2.86. The number of aromatic nitrogens is 2. The lowest BCUT2D eigenvalue weighted by Gasteiger charge is -2.04. The summed E-state index contributed by atoms with van der Waals surface area (Å²) in [6, 6.07) is 1.80. The van der Waals surface area contributed by atoms with Crippen molar-refractivity contribution >= 4 is 44.7 Å². The summed E-state index contributed by atoms with van der Waals surface area (Å²) in [5.74, 6) is -0.0725. The van der Waals surface area contributed by atoms with Crippen LogP contribution in [0.3, 0.4) is 0 Å². The van der Waals surface area contributed by atoms with Gasteiger partial charge in [0.2, 0.25) is 5.78 Å². The summed E-state index contributed by atoms with van der Waals surface area (Å²) < 4.78 is 2.57. The molecule has 0 bridgehead atoms. The molecule has 0 saturated heterocycles. The Morgan fingerprint density at radius 1 is 1.65 bits per heavy atom. The molecule has 0 N–H and O–H groups in total. The molecule has 2 aromatic heterocycles. The van der Waals surface area contributed by atoms with Gasteiger partial charge in [-0.2, -0.15) is 5.10 Å². The molecule has 0 unspecified atom stereocenters. The van der Waals surface area contributed by atoms with Crippen molar-refractivity contribution in [1.29, 1.82) is 0 Å². The van der Waals surface area contributed by atoms with E-state index in [1.807, 2.05) is 12.3 Å². The van der Waals surface area contributed by atoms with E-state index in [4.69, 9.17) is 11.6 Å². The topological polar surface area (TPSA) is 34.9 Å². The number of ketones is 1. The van der Waals surface area contributed by atoms with Gasteiger partial charge in [-0.15, -0.1) is 11.3 Å². The first kappa shape index (κ1) is 12.8. The summed E-state index contributed by atoms with van der Waals surface area (Å²) in [7, 11) is 0. The first-order chi connectivity index (χ1) is 8.13. The summed E-state index contributed by atoms with van der Waals surface area (Å²) in [6.45, 7) is 2.73. The quantitative estimate of drug-likeness (QED) is 0.793. The van der Waals surface area contributed by atoms with Crippen LogP contribution in [0.1, 0.15) is 28.7 Å². The van der Waals surface area contributed by atoms with Crippen molar-refractivity contribution in [1.82, 2.24) is 9.78 Å². The zero-order valence-electron chi connectivity index (χ0n) is 9.11. The number of hydrogen-bond donors (Lipinski definition) is 0. The second-order valence-electron chi connectivity index (χ2n) is 3.52.